The van der Waals surface area contributed by atoms with Crippen LogP contribution in [-0.4, -0.2) is 20.4 Å². The standard InChI is InChI=1S/C23H19F3N4OS/c1-14-20(32-22(28-14)17-5-7-18(8-6-17)23(24,25)26)21(31)29-19-9-3-16(4-10-19)13-30-12-11-27-15(30)2/h3-12H,13H2,1-2H3,(H,29,31). The summed E-state index contributed by atoms with van der Waals surface area (Å²) in [5, 5.41) is 3.35. The number of amides is 1. The van der Waals surface area contributed by atoms with Crippen LogP contribution in [0.1, 0.15) is 32.3 Å². The average molecular weight is 456 g/mol. The Balaban J connectivity index is 1.46. The summed E-state index contributed by atoms with van der Waals surface area (Å²) in [6.07, 6.45) is -0.735. The normalized spacial score (nSPS) is 11.5. The number of rotatable bonds is 5. The number of carbonyl (C=O) groups excluding carboxylic acids is 1. The number of imidazole rings is 1. The topological polar surface area (TPSA) is 59.8 Å². The zero-order chi connectivity index (χ0) is 22.9. The number of hydrogen-bond donors (Lipinski definition) is 1. The highest BCUT2D eigenvalue weighted by atomic mass is 32.1. The molecule has 0 unspecified atom stereocenters. The van der Waals surface area contributed by atoms with E-state index in [9.17, 15) is 18.0 Å². The van der Waals surface area contributed by atoms with Crippen LogP contribution < -0.4 is 5.32 Å². The number of nitrogens with one attached hydrogen (secondary N) is 1. The summed E-state index contributed by atoms with van der Waals surface area (Å²) in [4.78, 5) is 21.7. The second-order valence-electron chi connectivity index (χ2n) is 7.26. The summed E-state index contributed by atoms with van der Waals surface area (Å²) in [5.74, 6) is 0.614. The molecule has 0 aliphatic carbocycles. The van der Waals surface area contributed by atoms with Crippen LogP contribution in [0.4, 0.5) is 18.9 Å². The van der Waals surface area contributed by atoms with Crippen molar-refractivity contribution in [3.63, 3.8) is 0 Å². The molecule has 0 bridgehead atoms. The quantitative estimate of drug-likeness (QED) is 0.404. The van der Waals surface area contributed by atoms with E-state index in [0.717, 1.165) is 34.9 Å². The molecule has 1 N–H and O–H groups in total. The molecule has 2 aromatic carbocycles. The lowest BCUT2D eigenvalue weighted by molar-refractivity contribution is -0.137. The number of aromatic nitrogens is 3. The van der Waals surface area contributed by atoms with Crippen molar-refractivity contribution in [2.75, 3.05) is 5.32 Å². The summed E-state index contributed by atoms with van der Waals surface area (Å²) < 4.78 is 40.3. The van der Waals surface area contributed by atoms with Crippen molar-refractivity contribution in [2.24, 2.45) is 0 Å². The molecular weight excluding hydrogens is 437 g/mol. The van der Waals surface area contributed by atoms with Gasteiger partial charge in [-0.25, -0.2) is 9.97 Å². The van der Waals surface area contributed by atoms with E-state index in [1.807, 2.05) is 42.0 Å². The van der Waals surface area contributed by atoms with Crippen molar-refractivity contribution in [1.29, 1.82) is 0 Å². The van der Waals surface area contributed by atoms with E-state index in [1.54, 1.807) is 13.1 Å². The minimum atomic E-state index is -4.39. The second kappa shape index (κ2) is 8.58. The van der Waals surface area contributed by atoms with Gasteiger partial charge in [0.1, 0.15) is 15.7 Å². The maximum Gasteiger partial charge on any atom is 0.416 e. The molecule has 164 valence electrons. The third kappa shape index (κ3) is 4.72. The molecule has 0 saturated carbocycles. The SMILES string of the molecule is Cc1nc(-c2ccc(C(F)(F)F)cc2)sc1C(=O)Nc1ccc(Cn2ccnc2C)cc1. The van der Waals surface area contributed by atoms with Crippen molar-refractivity contribution in [3.05, 3.63) is 88.4 Å². The molecular formula is C23H19F3N4OS. The van der Waals surface area contributed by atoms with Gasteiger partial charge in [0, 0.05) is 30.2 Å². The Kier molecular flexibility index (Phi) is 5.84. The summed E-state index contributed by atoms with van der Waals surface area (Å²) in [6.45, 7) is 4.32. The van der Waals surface area contributed by atoms with E-state index in [0.29, 0.717) is 33.4 Å². The molecule has 2 aromatic heterocycles. The highest BCUT2D eigenvalue weighted by molar-refractivity contribution is 7.17. The van der Waals surface area contributed by atoms with Crippen LogP contribution in [0.15, 0.2) is 60.9 Å². The molecule has 32 heavy (non-hydrogen) atoms. The third-order valence-corrected chi connectivity index (χ3v) is 6.16. The van der Waals surface area contributed by atoms with E-state index < -0.39 is 11.7 Å². The molecule has 0 aliphatic rings. The Hall–Kier alpha value is -3.46. The first-order valence-electron chi connectivity index (χ1n) is 9.74. The molecule has 0 radical (unpaired) electrons. The van der Waals surface area contributed by atoms with Gasteiger partial charge >= 0.3 is 6.18 Å². The first-order valence-corrected chi connectivity index (χ1v) is 10.6. The molecule has 5 nitrogen and oxygen atoms in total. The number of anilines is 1. The van der Waals surface area contributed by atoms with Gasteiger partial charge in [-0.1, -0.05) is 24.3 Å². The minimum absolute atomic E-state index is 0.309. The number of halogens is 3. The Morgan fingerprint density at radius 1 is 1.06 bits per heavy atom. The number of alkyl halides is 3. The lowest BCUT2D eigenvalue weighted by Crippen LogP contribution is -2.11. The van der Waals surface area contributed by atoms with Crippen molar-refractivity contribution < 1.29 is 18.0 Å². The Labute approximate surface area is 186 Å². The van der Waals surface area contributed by atoms with Crippen LogP contribution >= 0.6 is 11.3 Å². The molecule has 0 aliphatic heterocycles. The number of aryl methyl sites for hydroxylation is 2. The van der Waals surface area contributed by atoms with Crippen LogP contribution in [0.5, 0.6) is 0 Å². The predicted molar refractivity (Wildman–Crippen MR) is 118 cm³/mol. The number of hydrogen-bond acceptors (Lipinski definition) is 4. The molecule has 0 spiro atoms. The van der Waals surface area contributed by atoms with Crippen molar-refractivity contribution in [2.45, 2.75) is 26.6 Å². The smallest absolute Gasteiger partial charge is 0.331 e. The highest BCUT2D eigenvalue weighted by Crippen LogP contribution is 2.33. The highest BCUT2D eigenvalue weighted by Gasteiger charge is 2.30. The molecule has 0 saturated heterocycles. The fraction of sp³-hybridized carbons (Fsp3) is 0.174. The molecule has 0 atom stereocenters. The number of nitrogens with zero attached hydrogens (tertiary/aromatic N) is 3. The molecule has 1 amide bonds. The Morgan fingerprint density at radius 3 is 2.34 bits per heavy atom. The van der Waals surface area contributed by atoms with Crippen LogP contribution in [0.25, 0.3) is 10.6 Å². The lowest BCUT2D eigenvalue weighted by Gasteiger charge is -2.08. The zero-order valence-corrected chi connectivity index (χ0v) is 18.1. The summed E-state index contributed by atoms with van der Waals surface area (Å²) in [7, 11) is 0. The van der Waals surface area contributed by atoms with E-state index in [2.05, 4.69) is 15.3 Å². The van der Waals surface area contributed by atoms with Gasteiger partial charge in [0.15, 0.2) is 0 Å². The number of carbonyl (C=O) groups is 1. The van der Waals surface area contributed by atoms with Gasteiger partial charge in [0.2, 0.25) is 0 Å². The van der Waals surface area contributed by atoms with Gasteiger partial charge < -0.3 is 9.88 Å². The van der Waals surface area contributed by atoms with Gasteiger partial charge in [-0.15, -0.1) is 11.3 Å². The predicted octanol–water partition coefficient (Wildman–Crippen LogP) is 5.94. The second-order valence-corrected chi connectivity index (χ2v) is 8.26. The molecule has 0 fully saturated rings. The van der Waals surface area contributed by atoms with Crippen molar-refractivity contribution >= 4 is 22.9 Å². The summed E-state index contributed by atoms with van der Waals surface area (Å²) in [5.41, 5.74) is 2.05. The largest absolute Gasteiger partial charge is 0.416 e. The Morgan fingerprint density at radius 2 is 1.75 bits per heavy atom. The number of benzene rings is 2. The summed E-state index contributed by atoms with van der Waals surface area (Å²) >= 11 is 1.15. The molecule has 9 heteroatoms. The van der Waals surface area contributed by atoms with Gasteiger partial charge in [0.25, 0.3) is 5.91 Å². The molecule has 4 aromatic rings. The van der Waals surface area contributed by atoms with E-state index in [-0.39, 0.29) is 5.91 Å². The first-order chi connectivity index (χ1) is 15.2. The monoisotopic (exact) mass is 456 g/mol. The van der Waals surface area contributed by atoms with Gasteiger partial charge in [-0.2, -0.15) is 13.2 Å². The molecule has 2 heterocycles. The van der Waals surface area contributed by atoms with E-state index in [4.69, 9.17) is 0 Å². The minimum Gasteiger partial charge on any atom is -0.331 e. The average Bonchev–Trinajstić information content (AvgIpc) is 3.34. The van der Waals surface area contributed by atoms with Gasteiger partial charge in [-0.05, 0) is 43.7 Å². The maximum absolute atomic E-state index is 12.8. The van der Waals surface area contributed by atoms with Gasteiger partial charge in [0.05, 0.1) is 11.3 Å². The fourth-order valence-corrected chi connectivity index (χ4v) is 4.15. The zero-order valence-electron chi connectivity index (χ0n) is 17.3. The van der Waals surface area contributed by atoms with Crippen LogP contribution in [-0.2, 0) is 12.7 Å². The summed E-state index contributed by atoms with van der Waals surface area (Å²) in [6, 6.07) is 12.3. The van der Waals surface area contributed by atoms with Crippen LogP contribution in [0, 0.1) is 13.8 Å². The number of thiazole rings is 1. The molecule has 4 rings (SSSR count). The third-order valence-electron chi connectivity index (χ3n) is 4.95. The van der Waals surface area contributed by atoms with Crippen LogP contribution in [0.3, 0.4) is 0 Å². The lowest BCUT2D eigenvalue weighted by atomic mass is 10.1. The van der Waals surface area contributed by atoms with E-state index in [1.165, 1.54) is 12.1 Å². The Bertz CT molecular complexity index is 1240. The van der Waals surface area contributed by atoms with Crippen molar-refractivity contribution in [1.82, 2.24) is 14.5 Å². The first kappa shape index (κ1) is 21.8. The van der Waals surface area contributed by atoms with Crippen LogP contribution in [0.2, 0.25) is 0 Å². The maximum atomic E-state index is 12.8. The van der Waals surface area contributed by atoms with Gasteiger partial charge in [-0.3, -0.25) is 4.79 Å². The van der Waals surface area contributed by atoms with E-state index >= 15 is 0 Å². The fourth-order valence-electron chi connectivity index (χ4n) is 3.18. The van der Waals surface area contributed by atoms with Crippen molar-refractivity contribution in [3.8, 4) is 10.6 Å².